The summed E-state index contributed by atoms with van der Waals surface area (Å²) in [5.41, 5.74) is 5.00. The average Bonchev–Trinajstić information content (AvgIpc) is 2.80. The second kappa shape index (κ2) is 9.24. The van der Waals surface area contributed by atoms with Crippen molar-refractivity contribution < 1.29 is 9.13 Å². The molecule has 3 aromatic carbocycles. The number of anilines is 3. The monoisotopic (exact) mass is 464 g/mol. The molecule has 0 unspecified atom stereocenters. The van der Waals surface area contributed by atoms with Crippen molar-refractivity contribution in [2.24, 2.45) is 0 Å². The predicted molar refractivity (Wildman–Crippen MR) is 134 cm³/mol. The molecule has 5 rings (SSSR count). The molecule has 0 spiro atoms. The molecule has 0 fully saturated rings. The van der Waals surface area contributed by atoms with Crippen LogP contribution in [0.2, 0.25) is 0 Å². The van der Waals surface area contributed by atoms with Crippen molar-refractivity contribution in [2.45, 2.75) is 26.3 Å². The number of benzene rings is 3. The first-order valence-electron chi connectivity index (χ1n) is 10.8. The van der Waals surface area contributed by atoms with Gasteiger partial charge in [-0.25, -0.2) is 9.37 Å². The zero-order valence-electron chi connectivity index (χ0n) is 18.8. The first-order valence-corrected chi connectivity index (χ1v) is 10.8. The van der Waals surface area contributed by atoms with Crippen LogP contribution < -0.4 is 15.0 Å². The van der Waals surface area contributed by atoms with Crippen LogP contribution in [-0.4, -0.2) is 23.6 Å². The fraction of sp³-hybridized carbons (Fsp3) is 0.231. The van der Waals surface area contributed by atoms with Crippen LogP contribution in [0.3, 0.4) is 0 Å². The molecule has 33 heavy (non-hydrogen) atoms. The largest absolute Gasteiger partial charge is 0.494 e. The molecule has 0 aliphatic carbocycles. The number of nitrogens with zero attached hydrogens (tertiary/aromatic N) is 3. The minimum atomic E-state index is -0.268. The van der Waals surface area contributed by atoms with Crippen LogP contribution >= 0.6 is 12.4 Å². The number of aromatic nitrogens is 2. The standard InChI is InChI=1S/C26H25FN4O.ClH/c1-16-15-19(27)11-12-22(16)28-26-29-24-21(9-6-10-23(24)32-3)25(30-26)31-14-13-18-7-4-5-8-20(18)17(31)2;/h4-12,15,17H,13-14H2,1-3H3,(H,28,29,30);1H/t17-;/m1./s1. The van der Waals surface area contributed by atoms with E-state index in [0.29, 0.717) is 11.7 Å². The summed E-state index contributed by atoms with van der Waals surface area (Å²) in [7, 11) is 1.65. The molecule has 7 heteroatoms. The lowest BCUT2D eigenvalue weighted by molar-refractivity contribution is 0.419. The van der Waals surface area contributed by atoms with Gasteiger partial charge in [-0.2, -0.15) is 4.98 Å². The molecule has 0 amide bonds. The van der Waals surface area contributed by atoms with E-state index < -0.39 is 0 Å². The number of para-hydroxylation sites is 1. The van der Waals surface area contributed by atoms with Crippen molar-refractivity contribution in [1.82, 2.24) is 9.97 Å². The third-order valence-electron chi connectivity index (χ3n) is 6.19. The van der Waals surface area contributed by atoms with E-state index in [2.05, 4.69) is 41.4 Å². The van der Waals surface area contributed by atoms with Gasteiger partial charge in [0.15, 0.2) is 0 Å². The zero-order valence-corrected chi connectivity index (χ0v) is 19.6. The maximum absolute atomic E-state index is 13.6. The topological polar surface area (TPSA) is 50.3 Å². The molecule has 170 valence electrons. The Morgan fingerprint density at radius 1 is 1.06 bits per heavy atom. The molecule has 4 aromatic rings. The lowest BCUT2D eigenvalue weighted by atomic mass is 9.93. The zero-order chi connectivity index (χ0) is 22.2. The number of nitrogens with one attached hydrogen (secondary N) is 1. The van der Waals surface area contributed by atoms with E-state index in [1.165, 1.54) is 23.3 Å². The Hall–Kier alpha value is -3.38. The predicted octanol–water partition coefficient (Wildman–Crippen LogP) is 6.38. The van der Waals surface area contributed by atoms with Gasteiger partial charge in [0.05, 0.1) is 13.2 Å². The molecule has 1 aliphatic rings. The summed E-state index contributed by atoms with van der Waals surface area (Å²) in [6.07, 6.45) is 0.954. The van der Waals surface area contributed by atoms with Crippen molar-refractivity contribution in [3.8, 4) is 5.75 Å². The number of ether oxygens (including phenoxy) is 1. The molecular weight excluding hydrogens is 439 g/mol. The number of hydrogen-bond donors (Lipinski definition) is 1. The molecule has 0 radical (unpaired) electrons. The maximum Gasteiger partial charge on any atom is 0.229 e. The van der Waals surface area contributed by atoms with Gasteiger partial charge in [0.1, 0.15) is 22.9 Å². The van der Waals surface area contributed by atoms with E-state index in [1.54, 1.807) is 13.2 Å². The van der Waals surface area contributed by atoms with E-state index in [4.69, 9.17) is 14.7 Å². The average molecular weight is 465 g/mol. The first kappa shape index (κ1) is 22.8. The summed E-state index contributed by atoms with van der Waals surface area (Å²) < 4.78 is 19.2. The van der Waals surface area contributed by atoms with Crippen LogP contribution in [0, 0.1) is 12.7 Å². The molecule has 1 N–H and O–H groups in total. The molecule has 0 bridgehead atoms. The molecule has 0 saturated carbocycles. The highest BCUT2D eigenvalue weighted by Gasteiger charge is 2.27. The smallest absolute Gasteiger partial charge is 0.229 e. The van der Waals surface area contributed by atoms with Gasteiger partial charge in [-0.3, -0.25) is 0 Å². The quantitative estimate of drug-likeness (QED) is 0.380. The second-order valence-corrected chi connectivity index (χ2v) is 8.13. The minimum absolute atomic E-state index is 0. The van der Waals surface area contributed by atoms with Crippen molar-refractivity contribution in [3.63, 3.8) is 0 Å². The summed E-state index contributed by atoms with van der Waals surface area (Å²) in [6.45, 7) is 4.93. The van der Waals surface area contributed by atoms with Crippen molar-refractivity contribution in [1.29, 1.82) is 0 Å². The van der Waals surface area contributed by atoms with E-state index in [9.17, 15) is 4.39 Å². The number of fused-ring (bicyclic) bond motifs is 2. The normalized spacial score (nSPS) is 15.0. The van der Waals surface area contributed by atoms with Crippen LogP contribution in [-0.2, 0) is 6.42 Å². The number of rotatable bonds is 4. The number of hydrogen-bond acceptors (Lipinski definition) is 5. The highest BCUT2D eigenvalue weighted by atomic mass is 35.5. The molecule has 1 atom stereocenters. The van der Waals surface area contributed by atoms with Gasteiger partial charge in [0, 0.05) is 17.6 Å². The lowest BCUT2D eigenvalue weighted by Crippen LogP contribution is -2.34. The minimum Gasteiger partial charge on any atom is -0.494 e. The van der Waals surface area contributed by atoms with E-state index in [0.717, 1.165) is 40.9 Å². The third-order valence-corrected chi connectivity index (χ3v) is 6.19. The third kappa shape index (κ3) is 4.18. The lowest BCUT2D eigenvalue weighted by Gasteiger charge is -2.37. The number of aryl methyl sites for hydroxylation is 1. The molecule has 5 nitrogen and oxygen atoms in total. The van der Waals surface area contributed by atoms with Gasteiger partial charge in [-0.15, -0.1) is 12.4 Å². The fourth-order valence-corrected chi connectivity index (χ4v) is 4.50. The van der Waals surface area contributed by atoms with Gasteiger partial charge in [-0.05, 0) is 67.3 Å². The summed E-state index contributed by atoms with van der Waals surface area (Å²) >= 11 is 0. The van der Waals surface area contributed by atoms with Crippen LogP contribution in [0.4, 0.5) is 21.8 Å². The van der Waals surface area contributed by atoms with Gasteiger partial charge in [-0.1, -0.05) is 30.3 Å². The second-order valence-electron chi connectivity index (χ2n) is 8.13. The van der Waals surface area contributed by atoms with Crippen LogP contribution in [0.25, 0.3) is 10.9 Å². The Labute approximate surface area is 199 Å². The van der Waals surface area contributed by atoms with E-state index in [1.807, 2.05) is 25.1 Å². The Morgan fingerprint density at radius 3 is 2.67 bits per heavy atom. The SMILES string of the molecule is COc1cccc2c(N3CCc4ccccc4[C@H]3C)nc(Nc3ccc(F)cc3C)nc12.Cl. The Morgan fingerprint density at radius 2 is 1.88 bits per heavy atom. The summed E-state index contributed by atoms with van der Waals surface area (Å²) in [5, 5.41) is 4.23. The Balaban J connectivity index is 0.00000259. The van der Waals surface area contributed by atoms with Gasteiger partial charge >= 0.3 is 0 Å². The van der Waals surface area contributed by atoms with E-state index >= 15 is 0 Å². The maximum atomic E-state index is 13.6. The Bertz CT molecular complexity index is 1310. The van der Waals surface area contributed by atoms with Crippen molar-refractivity contribution >= 4 is 40.8 Å². The van der Waals surface area contributed by atoms with E-state index in [-0.39, 0.29) is 24.3 Å². The van der Waals surface area contributed by atoms with Crippen molar-refractivity contribution in [2.75, 3.05) is 23.9 Å². The fourth-order valence-electron chi connectivity index (χ4n) is 4.50. The van der Waals surface area contributed by atoms with Crippen LogP contribution in [0.5, 0.6) is 5.75 Å². The first-order chi connectivity index (χ1) is 15.5. The number of methoxy groups -OCH3 is 1. The Kier molecular flexibility index (Phi) is 6.38. The number of halogens is 2. The molecule has 1 aliphatic heterocycles. The summed E-state index contributed by atoms with van der Waals surface area (Å²) in [4.78, 5) is 12.0. The molecule has 2 heterocycles. The summed E-state index contributed by atoms with van der Waals surface area (Å²) in [5.74, 6) is 1.74. The van der Waals surface area contributed by atoms with Gasteiger partial charge in [0.2, 0.25) is 5.95 Å². The molecular formula is C26H26ClFN4O. The van der Waals surface area contributed by atoms with Gasteiger partial charge in [0.25, 0.3) is 0 Å². The molecule has 1 aromatic heterocycles. The highest BCUT2D eigenvalue weighted by molar-refractivity contribution is 5.95. The highest BCUT2D eigenvalue weighted by Crippen LogP contribution is 2.38. The van der Waals surface area contributed by atoms with Gasteiger partial charge < -0.3 is 15.0 Å². The van der Waals surface area contributed by atoms with Crippen molar-refractivity contribution in [3.05, 3.63) is 83.2 Å². The van der Waals surface area contributed by atoms with Crippen LogP contribution in [0.1, 0.15) is 29.7 Å². The summed E-state index contributed by atoms with van der Waals surface area (Å²) in [6, 6.07) is 19.3. The molecule has 0 saturated heterocycles. The van der Waals surface area contributed by atoms with Crippen LogP contribution in [0.15, 0.2) is 60.7 Å².